The molecular formula is C30H20Cl2N2O4S. The zero-order chi connectivity index (χ0) is 27.2. The monoisotopic (exact) mass is 574 g/mol. The number of ether oxygens (including phenoxy) is 2. The minimum atomic E-state index is -0.538. The molecule has 1 amide bonds. The molecule has 4 aromatic carbocycles. The number of amides is 1. The van der Waals surface area contributed by atoms with E-state index in [2.05, 4.69) is 10.5 Å². The minimum absolute atomic E-state index is 0.331. The maximum absolute atomic E-state index is 12.7. The van der Waals surface area contributed by atoms with Crippen molar-refractivity contribution >= 4 is 62.7 Å². The van der Waals surface area contributed by atoms with Crippen molar-refractivity contribution in [2.75, 3.05) is 0 Å². The standard InChI is InChI=1S/C30H20Cl2N2O4S/c31-22-12-8-19(9-13-22)18-37-23-14-10-21(11-15-23)29(35)34-33-17-20-4-3-5-24(16-20)38-30(36)28-27(32)25-6-1-2-7-26(25)39-28/h1-17H,18H2,(H,34,35)/b33-17+. The molecule has 0 saturated carbocycles. The van der Waals surface area contributed by atoms with Crippen molar-refractivity contribution in [2.24, 2.45) is 5.10 Å². The summed E-state index contributed by atoms with van der Waals surface area (Å²) in [6.07, 6.45) is 1.46. The van der Waals surface area contributed by atoms with Gasteiger partial charge in [-0.05, 0) is 65.7 Å². The molecule has 0 spiro atoms. The van der Waals surface area contributed by atoms with Crippen molar-refractivity contribution in [3.8, 4) is 11.5 Å². The highest BCUT2D eigenvalue weighted by Gasteiger charge is 2.19. The topological polar surface area (TPSA) is 77.0 Å². The lowest BCUT2D eigenvalue weighted by Gasteiger charge is -2.07. The van der Waals surface area contributed by atoms with E-state index < -0.39 is 5.97 Å². The number of hydrogen-bond donors (Lipinski definition) is 1. The van der Waals surface area contributed by atoms with Gasteiger partial charge in [-0.1, -0.05) is 65.7 Å². The Morgan fingerprint density at radius 2 is 1.64 bits per heavy atom. The van der Waals surface area contributed by atoms with Crippen LogP contribution >= 0.6 is 34.5 Å². The van der Waals surface area contributed by atoms with E-state index in [9.17, 15) is 9.59 Å². The van der Waals surface area contributed by atoms with Gasteiger partial charge in [0.25, 0.3) is 5.91 Å². The summed E-state index contributed by atoms with van der Waals surface area (Å²) in [5.41, 5.74) is 4.53. The molecule has 1 N–H and O–H groups in total. The normalized spacial score (nSPS) is 11.0. The average molecular weight is 575 g/mol. The third-order valence-electron chi connectivity index (χ3n) is 5.60. The first-order chi connectivity index (χ1) is 19.0. The van der Waals surface area contributed by atoms with Gasteiger partial charge >= 0.3 is 5.97 Å². The lowest BCUT2D eigenvalue weighted by molar-refractivity contribution is 0.0739. The number of rotatable bonds is 8. The summed E-state index contributed by atoms with van der Waals surface area (Å²) in [6.45, 7) is 0.387. The number of nitrogens with zero attached hydrogens (tertiary/aromatic N) is 1. The van der Waals surface area contributed by atoms with Crippen molar-refractivity contribution in [1.82, 2.24) is 5.43 Å². The Hall–Kier alpha value is -4.17. The van der Waals surface area contributed by atoms with Gasteiger partial charge in [0.2, 0.25) is 0 Å². The van der Waals surface area contributed by atoms with E-state index in [0.29, 0.717) is 44.2 Å². The maximum atomic E-state index is 12.7. The van der Waals surface area contributed by atoms with Crippen LogP contribution in [0.3, 0.4) is 0 Å². The number of halogens is 2. The van der Waals surface area contributed by atoms with Crippen LogP contribution in [0.25, 0.3) is 10.1 Å². The molecule has 0 atom stereocenters. The van der Waals surface area contributed by atoms with Gasteiger partial charge in [0.15, 0.2) is 0 Å². The first-order valence-corrected chi connectivity index (χ1v) is 13.3. The van der Waals surface area contributed by atoms with Gasteiger partial charge in [-0.15, -0.1) is 11.3 Å². The fraction of sp³-hybridized carbons (Fsp3) is 0.0333. The lowest BCUT2D eigenvalue weighted by Crippen LogP contribution is -2.17. The van der Waals surface area contributed by atoms with Crippen LogP contribution in [0.2, 0.25) is 10.0 Å². The molecular weight excluding hydrogens is 555 g/mol. The highest BCUT2D eigenvalue weighted by Crippen LogP contribution is 2.35. The minimum Gasteiger partial charge on any atom is -0.489 e. The number of hydrogen-bond acceptors (Lipinski definition) is 6. The summed E-state index contributed by atoms with van der Waals surface area (Å²) in [4.78, 5) is 25.5. The molecule has 1 heterocycles. The predicted molar refractivity (Wildman–Crippen MR) is 156 cm³/mol. The predicted octanol–water partition coefficient (Wildman–Crippen LogP) is 7.77. The molecule has 0 aliphatic rings. The Morgan fingerprint density at radius 3 is 2.41 bits per heavy atom. The number of esters is 1. The molecule has 6 nitrogen and oxygen atoms in total. The van der Waals surface area contributed by atoms with Gasteiger partial charge in [0, 0.05) is 20.7 Å². The fourth-order valence-corrected chi connectivity index (χ4v) is 5.15. The summed E-state index contributed by atoms with van der Waals surface area (Å²) in [6, 6.07) is 28.4. The summed E-state index contributed by atoms with van der Waals surface area (Å²) < 4.78 is 12.2. The van der Waals surface area contributed by atoms with Gasteiger partial charge in [-0.3, -0.25) is 4.79 Å². The van der Waals surface area contributed by atoms with E-state index in [0.717, 1.165) is 15.6 Å². The fourth-order valence-electron chi connectivity index (χ4n) is 3.64. The lowest BCUT2D eigenvalue weighted by atomic mass is 10.2. The van der Waals surface area contributed by atoms with Crippen LogP contribution in [0, 0.1) is 0 Å². The first-order valence-electron chi connectivity index (χ1n) is 11.8. The number of carbonyl (C=O) groups excluding carboxylic acids is 2. The van der Waals surface area contributed by atoms with Crippen LogP contribution in [-0.4, -0.2) is 18.1 Å². The molecule has 39 heavy (non-hydrogen) atoms. The molecule has 0 unspecified atom stereocenters. The quantitative estimate of drug-likeness (QED) is 0.0888. The Balaban J connectivity index is 1.15. The average Bonchev–Trinajstić information content (AvgIpc) is 3.30. The first kappa shape index (κ1) is 26.4. The van der Waals surface area contributed by atoms with Crippen LogP contribution in [0.1, 0.15) is 31.2 Å². The number of nitrogens with one attached hydrogen (secondary N) is 1. The second kappa shape index (κ2) is 12.1. The molecule has 0 saturated heterocycles. The van der Waals surface area contributed by atoms with Crippen LogP contribution < -0.4 is 14.9 Å². The molecule has 9 heteroatoms. The second-order valence-electron chi connectivity index (χ2n) is 8.34. The van der Waals surface area contributed by atoms with E-state index in [1.165, 1.54) is 17.6 Å². The smallest absolute Gasteiger partial charge is 0.355 e. The molecule has 0 bridgehead atoms. The second-order valence-corrected chi connectivity index (χ2v) is 10.2. The summed E-state index contributed by atoms with van der Waals surface area (Å²) >= 11 is 13.6. The molecule has 0 fully saturated rings. The Bertz CT molecular complexity index is 1670. The zero-order valence-electron chi connectivity index (χ0n) is 20.3. The van der Waals surface area contributed by atoms with Crippen molar-refractivity contribution in [1.29, 1.82) is 0 Å². The Kier molecular flexibility index (Phi) is 8.22. The molecule has 194 valence electrons. The zero-order valence-corrected chi connectivity index (χ0v) is 22.6. The number of carbonyl (C=O) groups is 2. The Labute approximate surface area is 238 Å². The van der Waals surface area contributed by atoms with Crippen molar-refractivity contribution < 1.29 is 19.1 Å². The van der Waals surface area contributed by atoms with E-state index in [4.69, 9.17) is 32.7 Å². The van der Waals surface area contributed by atoms with Gasteiger partial charge < -0.3 is 9.47 Å². The summed E-state index contributed by atoms with van der Waals surface area (Å²) in [7, 11) is 0. The van der Waals surface area contributed by atoms with Crippen LogP contribution in [0.15, 0.2) is 102 Å². The molecule has 1 aromatic heterocycles. The van der Waals surface area contributed by atoms with Gasteiger partial charge in [0.1, 0.15) is 23.0 Å². The third-order valence-corrected chi connectivity index (χ3v) is 7.51. The molecule has 0 aliphatic carbocycles. The number of fused-ring (bicyclic) bond motifs is 1. The highest BCUT2D eigenvalue weighted by atomic mass is 35.5. The van der Waals surface area contributed by atoms with Crippen molar-refractivity contribution in [3.05, 3.63) is 129 Å². The van der Waals surface area contributed by atoms with Gasteiger partial charge in [-0.2, -0.15) is 5.10 Å². The van der Waals surface area contributed by atoms with E-state index in [1.54, 1.807) is 60.7 Å². The van der Waals surface area contributed by atoms with E-state index in [-0.39, 0.29) is 5.91 Å². The largest absolute Gasteiger partial charge is 0.489 e. The highest BCUT2D eigenvalue weighted by molar-refractivity contribution is 7.21. The summed E-state index contributed by atoms with van der Waals surface area (Å²) in [5, 5.41) is 5.88. The number of hydrazone groups is 1. The number of thiophene rings is 1. The third kappa shape index (κ3) is 6.64. The van der Waals surface area contributed by atoms with E-state index >= 15 is 0 Å². The van der Waals surface area contributed by atoms with Gasteiger partial charge in [0.05, 0.1) is 11.2 Å². The Morgan fingerprint density at radius 1 is 0.872 bits per heavy atom. The molecule has 0 radical (unpaired) electrons. The van der Waals surface area contributed by atoms with Crippen LogP contribution in [0.4, 0.5) is 0 Å². The number of benzene rings is 4. The van der Waals surface area contributed by atoms with Gasteiger partial charge in [-0.25, -0.2) is 10.2 Å². The maximum Gasteiger partial charge on any atom is 0.355 e. The van der Waals surface area contributed by atoms with Crippen LogP contribution in [-0.2, 0) is 6.61 Å². The summed E-state index contributed by atoms with van der Waals surface area (Å²) in [5.74, 6) is 0.0490. The SMILES string of the molecule is O=C(N/N=C/c1cccc(OC(=O)c2sc3ccccc3c2Cl)c1)c1ccc(OCc2ccc(Cl)cc2)cc1. The van der Waals surface area contributed by atoms with Crippen molar-refractivity contribution in [3.63, 3.8) is 0 Å². The molecule has 0 aliphatic heterocycles. The van der Waals surface area contributed by atoms with Crippen LogP contribution in [0.5, 0.6) is 11.5 Å². The van der Waals surface area contributed by atoms with E-state index in [1.807, 2.05) is 36.4 Å². The molecule has 5 aromatic rings. The molecule has 5 rings (SSSR count). The van der Waals surface area contributed by atoms with Crippen molar-refractivity contribution in [2.45, 2.75) is 6.61 Å².